The summed E-state index contributed by atoms with van der Waals surface area (Å²) in [5.41, 5.74) is 1.28. The summed E-state index contributed by atoms with van der Waals surface area (Å²) in [7, 11) is 0. The van der Waals surface area contributed by atoms with E-state index in [0.717, 1.165) is 16.1 Å². The Kier molecular flexibility index (Phi) is 2.41. The summed E-state index contributed by atoms with van der Waals surface area (Å²) in [4.78, 5) is 6.03. The third-order valence-electron chi connectivity index (χ3n) is 2.54. The van der Waals surface area contributed by atoms with Crippen LogP contribution in [0.1, 0.15) is 29.3 Å². The fourth-order valence-corrected chi connectivity index (χ4v) is 3.24. The zero-order chi connectivity index (χ0) is 10.3. The van der Waals surface area contributed by atoms with Gasteiger partial charge in [-0.05, 0) is 25.0 Å². The van der Waals surface area contributed by atoms with Gasteiger partial charge < -0.3 is 4.42 Å². The van der Waals surface area contributed by atoms with E-state index in [4.69, 9.17) is 4.42 Å². The number of thiazole rings is 1. The lowest BCUT2D eigenvalue weighted by molar-refractivity contribution is 0.581. The number of hydrogen-bond donors (Lipinski definition) is 0. The van der Waals surface area contributed by atoms with Crippen LogP contribution < -0.4 is 0 Å². The van der Waals surface area contributed by atoms with Crippen molar-refractivity contribution in [1.29, 1.82) is 0 Å². The average Bonchev–Trinajstić information content (AvgIpc) is 2.83. The third kappa shape index (κ3) is 1.76. The molecule has 1 aliphatic rings. The van der Waals surface area contributed by atoms with E-state index in [-0.39, 0.29) is 0 Å². The van der Waals surface area contributed by atoms with E-state index in [1.54, 1.807) is 17.6 Å². The van der Waals surface area contributed by atoms with E-state index >= 15 is 0 Å². The molecule has 0 amide bonds. The molecule has 1 saturated carbocycles. The Morgan fingerprint density at radius 2 is 2.40 bits per heavy atom. The fraction of sp³-hybridized carbons (Fsp3) is 0.364. The molecule has 2 nitrogen and oxygen atoms in total. The summed E-state index contributed by atoms with van der Waals surface area (Å²) in [6, 6.07) is 3.87. The molecule has 0 aliphatic heterocycles. The Morgan fingerprint density at radius 1 is 1.53 bits per heavy atom. The first-order valence-corrected chi connectivity index (χ1v) is 6.91. The van der Waals surface area contributed by atoms with Gasteiger partial charge in [-0.25, -0.2) is 4.98 Å². The van der Waals surface area contributed by atoms with Crippen LogP contribution in [0.15, 0.2) is 22.8 Å². The zero-order valence-electron chi connectivity index (χ0n) is 8.07. The van der Waals surface area contributed by atoms with Gasteiger partial charge in [-0.1, -0.05) is 15.9 Å². The first kappa shape index (κ1) is 9.60. The molecule has 2 heterocycles. The lowest BCUT2D eigenvalue weighted by Crippen LogP contribution is -1.84. The Bertz CT molecular complexity index is 459. The van der Waals surface area contributed by atoms with Crippen molar-refractivity contribution in [2.24, 2.45) is 0 Å². The van der Waals surface area contributed by atoms with Crippen LogP contribution in [-0.2, 0) is 5.33 Å². The predicted octanol–water partition coefficient (Wildman–Crippen LogP) is 4.18. The molecule has 1 fully saturated rings. The highest BCUT2D eigenvalue weighted by molar-refractivity contribution is 9.08. The molecule has 0 spiro atoms. The van der Waals surface area contributed by atoms with Gasteiger partial charge in [0.25, 0.3) is 0 Å². The molecule has 4 heteroatoms. The highest BCUT2D eigenvalue weighted by Crippen LogP contribution is 2.44. The number of hydrogen-bond acceptors (Lipinski definition) is 3. The molecular weight excluding hydrogens is 274 g/mol. The Labute approximate surface area is 100 Å². The van der Waals surface area contributed by atoms with E-state index in [1.165, 1.54) is 23.4 Å². The number of aromatic nitrogens is 1. The van der Waals surface area contributed by atoms with Gasteiger partial charge in [0.05, 0.1) is 12.0 Å². The average molecular weight is 284 g/mol. The smallest absolute Gasteiger partial charge is 0.162 e. The Morgan fingerprint density at radius 3 is 3.00 bits per heavy atom. The zero-order valence-corrected chi connectivity index (χ0v) is 10.5. The number of alkyl halides is 1. The lowest BCUT2D eigenvalue weighted by atomic mass is 10.3. The van der Waals surface area contributed by atoms with Crippen molar-refractivity contribution in [2.75, 3.05) is 0 Å². The van der Waals surface area contributed by atoms with E-state index in [1.807, 2.05) is 12.1 Å². The lowest BCUT2D eigenvalue weighted by Gasteiger charge is -1.92. The van der Waals surface area contributed by atoms with Crippen molar-refractivity contribution in [3.05, 3.63) is 29.0 Å². The minimum absolute atomic E-state index is 0.706. The summed E-state index contributed by atoms with van der Waals surface area (Å²) >= 11 is 5.25. The Hall–Kier alpha value is -0.610. The first-order valence-electron chi connectivity index (χ1n) is 4.98. The van der Waals surface area contributed by atoms with Crippen molar-refractivity contribution in [3.8, 4) is 10.8 Å². The van der Waals surface area contributed by atoms with E-state index < -0.39 is 0 Å². The SMILES string of the molecule is BrCc1sc(-c2ccco2)nc1C1CC1. The molecule has 0 atom stereocenters. The minimum Gasteiger partial charge on any atom is -0.462 e. The molecule has 2 aromatic rings. The summed E-state index contributed by atoms with van der Waals surface area (Å²) < 4.78 is 5.37. The van der Waals surface area contributed by atoms with Gasteiger partial charge in [0, 0.05) is 16.1 Å². The second-order valence-electron chi connectivity index (χ2n) is 3.71. The summed E-state index contributed by atoms with van der Waals surface area (Å²) in [6.07, 6.45) is 4.28. The predicted molar refractivity (Wildman–Crippen MR) is 64.4 cm³/mol. The molecule has 0 radical (unpaired) electrons. The molecule has 15 heavy (non-hydrogen) atoms. The molecular formula is C11H10BrNOS. The minimum atomic E-state index is 0.706. The van der Waals surface area contributed by atoms with Crippen LogP contribution >= 0.6 is 27.3 Å². The van der Waals surface area contributed by atoms with Crippen molar-refractivity contribution < 1.29 is 4.42 Å². The molecule has 3 rings (SSSR count). The van der Waals surface area contributed by atoms with Gasteiger partial charge in [-0.15, -0.1) is 11.3 Å². The topological polar surface area (TPSA) is 26.0 Å². The monoisotopic (exact) mass is 283 g/mol. The fourth-order valence-electron chi connectivity index (χ4n) is 1.64. The van der Waals surface area contributed by atoms with Crippen molar-refractivity contribution in [3.63, 3.8) is 0 Å². The quantitative estimate of drug-likeness (QED) is 0.790. The summed E-state index contributed by atoms with van der Waals surface area (Å²) in [5, 5.41) is 1.91. The molecule has 2 aromatic heterocycles. The highest BCUT2D eigenvalue weighted by atomic mass is 79.9. The van der Waals surface area contributed by atoms with Crippen LogP contribution in [0.5, 0.6) is 0 Å². The highest BCUT2D eigenvalue weighted by Gasteiger charge is 2.29. The van der Waals surface area contributed by atoms with Crippen molar-refractivity contribution in [2.45, 2.75) is 24.1 Å². The van der Waals surface area contributed by atoms with Gasteiger partial charge in [0.2, 0.25) is 0 Å². The van der Waals surface area contributed by atoms with Crippen LogP contribution in [0.3, 0.4) is 0 Å². The molecule has 0 saturated heterocycles. The van der Waals surface area contributed by atoms with Crippen LogP contribution in [0.2, 0.25) is 0 Å². The van der Waals surface area contributed by atoms with Gasteiger partial charge in [0.1, 0.15) is 0 Å². The molecule has 0 N–H and O–H groups in total. The molecule has 0 unspecified atom stereocenters. The van der Waals surface area contributed by atoms with E-state index in [2.05, 4.69) is 20.9 Å². The number of halogens is 1. The number of furan rings is 1. The molecule has 1 aliphatic carbocycles. The van der Waals surface area contributed by atoms with Crippen LogP contribution in [-0.4, -0.2) is 4.98 Å². The van der Waals surface area contributed by atoms with Gasteiger partial charge in [0.15, 0.2) is 10.8 Å². The number of nitrogens with zero attached hydrogens (tertiary/aromatic N) is 1. The molecule has 0 aromatic carbocycles. The van der Waals surface area contributed by atoms with Gasteiger partial charge in [-0.2, -0.15) is 0 Å². The normalized spacial score (nSPS) is 15.8. The third-order valence-corrected chi connectivity index (χ3v) is 4.56. The maximum absolute atomic E-state index is 5.37. The number of rotatable bonds is 3. The maximum Gasteiger partial charge on any atom is 0.162 e. The summed E-state index contributed by atoms with van der Waals surface area (Å²) in [5.74, 6) is 1.59. The molecule has 0 bridgehead atoms. The second kappa shape index (κ2) is 3.76. The van der Waals surface area contributed by atoms with Gasteiger partial charge in [-0.3, -0.25) is 0 Å². The Balaban J connectivity index is 2.03. The summed E-state index contributed by atoms with van der Waals surface area (Å²) in [6.45, 7) is 0. The van der Waals surface area contributed by atoms with E-state index in [0.29, 0.717) is 5.92 Å². The van der Waals surface area contributed by atoms with Crippen LogP contribution in [0.25, 0.3) is 10.8 Å². The van der Waals surface area contributed by atoms with E-state index in [9.17, 15) is 0 Å². The van der Waals surface area contributed by atoms with Crippen molar-refractivity contribution in [1.82, 2.24) is 4.98 Å². The van der Waals surface area contributed by atoms with Crippen LogP contribution in [0.4, 0.5) is 0 Å². The van der Waals surface area contributed by atoms with Crippen LogP contribution in [0, 0.1) is 0 Å². The second-order valence-corrected chi connectivity index (χ2v) is 5.36. The van der Waals surface area contributed by atoms with Gasteiger partial charge >= 0.3 is 0 Å². The maximum atomic E-state index is 5.37. The standard InChI is InChI=1S/C11H10BrNOS/c12-6-9-10(7-3-4-7)13-11(15-9)8-2-1-5-14-8/h1-2,5,7H,3-4,6H2. The first-order chi connectivity index (χ1) is 7.38. The van der Waals surface area contributed by atoms with Crippen molar-refractivity contribution >= 4 is 27.3 Å². The largest absolute Gasteiger partial charge is 0.462 e. The molecule has 78 valence electrons.